The van der Waals surface area contributed by atoms with Gasteiger partial charge < -0.3 is 13.9 Å². The Morgan fingerprint density at radius 1 is 1.17 bits per heavy atom. The summed E-state index contributed by atoms with van der Waals surface area (Å²) in [6.07, 6.45) is -0.384. The van der Waals surface area contributed by atoms with Crippen molar-refractivity contribution in [2.24, 2.45) is 0 Å². The third-order valence-corrected chi connectivity index (χ3v) is 8.80. The lowest BCUT2D eigenvalue weighted by molar-refractivity contribution is -0.154. The molecule has 0 radical (unpaired) electrons. The van der Waals surface area contributed by atoms with E-state index in [1.807, 2.05) is 31.2 Å². The molecule has 0 aromatic heterocycles. The van der Waals surface area contributed by atoms with Gasteiger partial charge in [0.25, 0.3) is 0 Å². The number of benzene rings is 1. The molecule has 0 amide bonds. The first-order chi connectivity index (χ1) is 10.6. The second-order valence-corrected chi connectivity index (χ2v) is 11.9. The molecule has 1 rings (SSSR count). The molecule has 130 valence electrons. The molecular formula is C18H30O4Si. The third-order valence-electron chi connectivity index (χ3n) is 4.38. The first-order valence-corrected chi connectivity index (χ1v) is 11.0. The third kappa shape index (κ3) is 5.75. The second-order valence-electron chi connectivity index (χ2n) is 7.19. The molecule has 0 heterocycles. The van der Waals surface area contributed by atoms with E-state index in [1.54, 1.807) is 7.11 Å². The summed E-state index contributed by atoms with van der Waals surface area (Å²) in [6, 6.07) is 7.62. The molecule has 23 heavy (non-hydrogen) atoms. The van der Waals surface area contributed by atoms with Gasteiger partial charge in [-0.25, -0.2) is 0 Å². The topological polar surface area (TPSA) is 44.8 Å². The van der Waals surface area contributed by atoms with Crippen molar-refractivity contribution in [2.75, 3.05) is 7.11 Å². The monoisotopic (exact) mass is 338 g/mol. The Bertz CT molecular complexity index is 503. The average Bonchev–Trinajstić information content (AvgIpc) is 2.49. The minimum Gasteiger partial charge on any atom is -0.497 e. The number of ether oxygens (including phenoxy) is 2. The highest BCUT2D eigenvalue weighted by Gasteiger charge is 2.40. The van der Waals surface area contributed by atoms with Crippen LogP contribution in [0.25, 0.3) is 0 Å². The minimum absolute atomic E-state index is 0.0108. The maximum atomic E-state index is 12.2. The summed E-state index contributed by atoms with van der Waals surface area (Å²) >= 11 is 0. The lowest BCUT2D eigenvalue weighted by Gasteiger charge is -2.38. The van der Waals surface area contributed by atoms with Gasteiger partial charge in [0.15, 0.2) is 14.1 Å². The van der Waals surface area contributed by atoms with Crippen LogP contribution in [0, 0.1) is 0 Å². The molecule has 0 aliphatic heterocycles. The molecule has 0 N–H and O–H groups in total. The van der Waals surface area contributed by atoms with E-state index in [4.69, 9.17) is 13.9 Å². The number of rotatable bonds is 8. The molecule has 4 nitrogen and oxygen atoms in total. The van der Waals surface area contributed by atoms with Gasteiger partial charge in [0.2, 0.25) is 6.29 Å². The molecule has 0 saturated carbocycles. The predicted molar refractivity (Wildman–Crippen MR) is 95.2 cm³/mol. The first-order valence-electron chi connectivity index (χ1n) is 8.05. The quantitative estimate of drug-likeness (QED) is 0.516. The van der Waals surface area contributed by atoms with Crippen LogP contribution in [0.15, 0.2) is 24.3 Å². The molecule has 0 aliphatic rings. The Balaban J connectivity index is 2.77. The molecule has 0 spiro atoms. The van der Waals surface area contributed by atoms with Crippen LogP contribution in [-0.4, -0.2) is 27.5 Å². The zero-order valence-corrected chi connectivity index (χ0v) is 16.4. The minimum atomic E-state index is -2.07. The summed E-state index contributed by atoms with van der Waals surface area (Å²) in [6.45, 7) is 12.9. The average molecular weight is 339 g/mol. The Kier molecular flexibility index (Phi) is 6.98. The van der Waals surface area contributed by atoms with Gasteiger partial charge in [-0.05, 0) is 35.8 Å². The lowest BCUT2D eigenvalue weighted by Crippen LogP contribution is -2.46. The summed E-state index contributed by atoms with van der Waals surface area (Å²) < 4.78 is 17.1. The summed E-state index contributed by atoms with van der Waals surface area (Å²) in [5.74, 6) is 0.788. The smallest absolute Gasteiger partial charge is 0.208 e. The molecule has 1 aromatic rings. The van der Waals surface area contributed by atoms with E-state index in [2.05, 4.69) is 33.9 Å². The van der Waals surface area contributed by atoms with Crippen LogP contribution in [0.4, 0.5) is 0 Å². The molecule has 0 saturated heterocycles. The number of ketones is 1. The van der Waals surface area contributed by atoms with E-state index in [0.717, 1.165) is 11.3 Å². The van der Waals surface area contributed by atoms with Gasteiger partial charge >= 0.3 is 0 Å². The maximum Gasteiger partial charge on any atom is 0.208 e. The van der Waals surface area contributed by atoms with Crippen LogP contribution in [0.3, 0.4) is 0 Å². The highest BCUT2D eigenvalue weighted by Crippen LogP contribution is 2.37. The van der Waals surface area contributed by atoms with E-state index in [0.29, 0.717) is 13.0 Å². The SMILES string of the molecule is CCC(=O)C(OCc1ccc(OC)cc1)O[Si](C)(C)C(C)(C)C. The zero-order valence-electron chi connectivity index (χ0n) is 15.4. The highest BCUT2D eigenvalue weighted by atomic mass is 28.4. The summed E-state index contributed by atoms with van der Waals surface area (Å²) in [5.41, 5.74) is 0.985. The van der Waals surface area contributed by atoms with Crippen molar-refractivity contribution in [3.05, 3.63) is 29.8 Å². The summed E-state index contributed by atoms with van der Waals surface area (Å²) in [7, 11) is -0.432. The lowest BCUT2D eigenvalue weighted by atomic mass is 10.2. The molecule has 1 atom stereocenters. The molecular weight excluding hydrogens is 308 g/mol. The van der Waals surface area contributed by atoms with E-state index in [1.165, 1.54) is 0 Å². The van der Waals surface area contributed by atoms with Crippen molar-refractivity contribution in [2.45, 2.75) is 65.1 Å². The molecule has 1 unspecified atom stereocenters. The van der Waals surface area contributed by atoms with E-state index in [-0.39, 0.29) is 10.8 Å². The fraction of sp³-hybridized carbons (Fsp3) is 0.611. The van der Waals surface area contributed by atoms with Crippen molar-refractivity contribution < 1.29 is 18.7 Å². The van der Waals surface area contributed by atoms with Gasteiger partial charge in [-0.2, -0.15) is 0 Å². The summed E-state index contributed by atoms with van der Waals surface area (Å²) in [4.78, 5) is 12.2. The largest absolute Gasteiger partial charge is 0.497 e. The number of Topliss-reactive ketones (excluding diaryl/α,β-unsaturated/α-hetero) is 1. The Morgan fingerprint density at radius 3 is 2.17 bits per heavy atom. The first kappa shape index (κ1) is 19.9. The van der Waals surface area contributed by atoms with Crippen LogP contribution in [0.1, 0.15) is 39.7 Å². The fourth-order valence-electron chi connectivity index (χ4n) is 1.70. The van der Waals surface area contributed by atoms with Gasteiger partial charge in [0, 0.05) is 6.42 Å². The predicted octanol–water partition coefficient (Wildman–Crippen LogP) is 4.54. The summed E-state index contributed by atoms with van der Waals surface area (Å²) in [5, 5.41) is 0.0305. The van der Waals surface area contributed by atoms with Crippen molar-refractivity contribution in [1.82, 2.24) is 0 Å². The number of carbonyl (C=O) groups is 1. The molecule has 0 aliphatic carbocycles. The van der Waals surface area contributed by atoms with Crippen LogP contribution in [-0.2, 0) is 20.6 Å². The Hall–Kier alpha value is -1.17. The molecule has 5 heteroatoms. The number of hydrogen-bond acceptors (Lipinski definition) is 4. The Morgan fingerprint density at radius 2 is 1.74 bits per heavy atom. The van der Waals surface area contributed by atoms with Crippen LogP contribution >= 0.6 is 0 Å². The Labute approximate surface area is 141 Å². The normalized spacial score (nSPS) is 13.7. The van der Waals surface area contributed by atoms with Crippen molar-refractivity contribution in [1.29, 1.82) is 0 Å². The second kappa shape index (κ2) is 8.08. The van der Waals surface area contributed by atoms with E-state index in [9.17, 15) is 4.79 Å². The van der Waals surface area contributed by atoms with E-state index >= 15 is 0 Å². The zero-order chi connectivity index (χ0) is 17.7. The van der Waals surface area contributed by atoms with Crippen molar-refractivity contribution in [3.8, 4) is 5.75 Å². The molecule has 0 fully saturated rings. The van der Waals surface area contributed by atoms with Gasteiger partial charge in [0.05, 0.1) is 13.7 Å². The molecule has 0 bridgehead atoms. The van der Waals surface area contributed by atoms with Crippen LogP contribution in [0.5, 0.6) is 5.75 Å². The standard InChI is InChI=1S/C18H30O4Si/c1-8-16(19)17(22-23(6,7)18(2,3)4)21-13-14-9-11-15(20-5)12-10-14/h9-12,17H,8,13H2,1-7H3. The van der Waals surface area contributed by atoms with Crippen molar-refractivity contribution >= 4 is 14.1 Å². The fourth-order valence-corrected chi connectivity index (χ4v) is 2.79. The maximum absolute atomic E-state index is 12.2. The number of carbonyl (C=O) groups excluding carboxylic acids is 1. The highest BCUT2D eigenvalue weighted by molar-refractivity contribution is 6.74. The van der Waals surface area contributed by atoms with Gasteiger partial charge in [-0.15, -0.1) is 0 Å². The van der Waals surface area contributed by atoms with E-state index < -0.39 is 14.6 Å². The van der Waals surface area contributed by atoms with Crippen molar-refractivity contribution in [3.63, 3.8) is 0 Å². The number of methoxy groups -OCH3 is 1. The van der Waals surface area contributed by atoms with Crippen LogP contribution in [0.2, 0.25) is 18.1 Å². The van der Waals surface area contributed by atoms with Gasteiger partial charge in [0.1, 0.15) is 5.75 Å². The van der Waals surface area contributed by atoms with Crippen LogP contribution < -0.4 is 4.74 Å². The van der Waals surface area contributed by atoms with Gasteiger partial charge in [-0.3, -0.25) is 4.79 Å². The number of hydrogen-bond donors (Lipinski definition) is 0. The molecule has 1 aromatic carbocycles. The van der Waals surface area contributed by atoms with Gasteiger partial charge in [-0.1, -0.05) is 39.8 Å².